The number of carbonyl (C=O) groups is 1. The van der Waals surface area contributed by atoms with Crippen molar-refractivity contribution in [3.8, 4) is 0 Å². The molecule has 1 N–H and O–H groups in total. The molecule has 6 heteroatoms. The Kier molecular flexibility index (Phi) is 6.06. The zero-order valence-corrected chi connectivity index (χ0v) is 12.5. The number of hydrazone groups is 1. The summed E-state index contributed by atoms with van der Waals surface area (Å²) in [6.45, 7) is 0. The molecular weight excluding hydrogens is 282 g/mol. The van der Waals surface area contributed by atoms with Crippen LogP contribution < -0.4 is 5.43 Å². The average molecular weight is 303 g/mol. The number of nitrogens with one attached hydrogen (secondary N) is 1. The molecule has 1 saturated carbocycles. The lowest BCUT2D eigenvalue weighted by molar-refractivity contribution is -0.384. The van der Waals surface area contributed by atoms with Crippen molar-refractivity contribution in [2.45, 2.75) is 44.9 Å². The first-order valence-electron chi connectivity index (χ1n) is 7.71. The van der Waals surface area contributed by atoms with Crippen molar-refractivity contribution in [3.05, 3.63) is 39.9 Å². The molecule has 0 saturated heterocycles. The van der Waals surface area contributed by atoms with Gasteiger partial charge in [-0.05, 0) is 30.0 Å². The molecule has 0 unspecified atom stereocenters. The average Bonchev–Trinajstić information content (AvgIpc) is 2.54. The van der Waals surface area contributed by atoms with Gasteiger partial charge in [-0.15, -0.1) is 0 Å². The summed E-state index contributed by atoms with van der Waals surface area (Å²) in [7, 11) is 0. The number of non-ortho nitro benzene ring substituents is 1. The summed E-state index contributed by atoms with van der Waals surface area (Å²) in [5.74, 6) is 0.599. The summed E-state index contributed by atoms with van der Waals surface area (Å²) < 4.78 is 0. The van der Waals surface area contributed by atoms with Crippen LogP contribution in [0, 0.1) is 16.0 Å². The molecule has 1 aliphatic rings. The van der Waals surface area contributed by atoms with E-state index in [0.717, 1.165) is 6.42 Å². The Morgan fingerprint density at radius 3 is 2.59 bits per heavy atom. The molecule has 0 aliphatic heterocycles. The van der Waals surface area contributed by atoms with Gasteiger partial charge in [0.25, 0.3) is 5.69 Å². The third-order valence-corrected chi connectivity index (χ3v) is 4.01. The second kappa shape index (κ2) is 8.26. The van der Waals surface area contributed by atoms with Crippen LogP contribution in [-0.4, -0.2) is 17.0 Å². The highest BCUT2D eigenvalue weighted by atomic mass is 16.6. The number of nitro benzene ring substituents is 1. The van der Waals surface area contributed by atoms with E-state index in [1.807, 2.05) is 0 Å². The number of benzene rings is 1. The Morgan fingerprint density at radius 2 is 1.95 bits per heavy atom. The maximum Gasteiger partial charge on any atom is 0.269 e. The first-order valence-corrected chi connectivity index (χ1v) is 7.71. The number of nitrogens with zero attached hydrogens (tertiary/aromatic N) is 2. The Balaban J connectivity index is 1.71. The molecule has 0 atom stereocenters. The lowest BCUT2D eigenvalue weighted by Gasteiger charge is -2.20. The third kappa shape index (κ3) is 5.27. The van der Waals surface area contributed by atoms with Gasteiger partial charge in [-0.1, -0.05) is 32.1 Å². The van der Waals surface area contributed by atoms with Gasteiger partial charge < -0.3 is 0 Å². The molecule has 0 heterocycles. The van der Waals surface area contributed by atoms with Gasteiger partial charge >= 0.3 is 0 Å². The van der Waals surface area contributed by atoms with Crippen LogP contribution in [0.5, 0.6) is 0 Å². The monoisotopic (exact) mass is 303 g/mol. The normalized spacial score (nSPS) is 15.8. The number of hydrogen-bond acceptors (Lipinski definition) is 4. The minimum Gasteiger partial charge on any atom is -0.273 e. The van der Waals surface area contributed by atoms with Crippen LogP contribution in [-0.2, 0) is 4.79 Å². The molecule has 1 aromatic carbocycles. The van der Waals surface area contributed by atoms with Crippen molar-refractivity contribution in [2.75, 3.05) is 0 Å². The number of carbonyl (C=O) groups excluding carboxylic acids is 1. The predicted octanol–water partition coefficient (Wildman–Crippen LogP) is 3.41. The van der Waals surface area contributed by atoms with Crippen LogP contribution in [0.1, 0.15) is 50.5 Å². The molecule has 2 rings (SSSR count). The van der Waals surface area contributed by atoms with E-state index in [1.165, 1.54) is 50.5 Å². The fraction of sp³-hybridized carbons (Fsp3) is 0.500. The maximum absolute atomic E-state index is 11.7. The van der Waals surface area contributed by atoms with E-state index in [0.29, 0.717) is 17.9 Å². The highest BCUT2D eigenvalue weighted by molar-refractivity contribution is 5.82. The van der Waals surface area contributed by atoms with Crippen molar-refractivity contribution in [1.82, 2.24) is 5.43 Å². The topological polar surface area (TPSA) is 84.6 Å². The van der Waals surface area contributed by atoms with Crippen LogP contribution >= 0.6 is 0 Å². The number of amides is 1. The van der Waals surface area contributed by atoms with Gasteiger partial charge in [0.1, 0.15) is 0 Å². The third-order valence-electron chi connectivity index (χ3n) is 4.01. The fourth-order valence-electron chi connectivity index (χ4n) is 2.73. The number of nitro groups is 1. The van der Waals surface area contributed by atoms with Crippen molar-refractivity contribution < 1.29 is 9.72 Å². The smallest absolute Gasteiger partial charge is 0.269 e. The summed E-state index contributed by atoms with van der Waals surface area (Å²) in [6, 6.07) is 6.00. The zero-order chi connectivity index (χ0) is 15.8. The zero-order valence-electron chi connectivity index (χ0n) is 12.5. The summed E-state index contributed by atoms with van der Waals surface area (Å²) >= 11 is 0. The van der Waals surface area contributed by atoms with Crippen LogP contribution in [0.25, 0.3) is 0 Å². The van der Waals surface area contributed by atoms with E-state index in [-0.39, 0.29) is 11.6 Å². The second-order valence-corrected chi connectivity index (χ2v) is 5.68. The van der Waals surface area contributed by atoms with Gasteiger partial charge in [0.15, 0.2) is 0 Å². The van der Waals surface area contributed by atoms with Crippen molar-refractivity contribution in [3.63, 3.8) is 0 Å². The highest BCUT2D eigenvalue weighted by Gasteiger charge is 2.14. The first-order chi connectivity index (χ1) is 10.6. The number of hydrogen-bond donors (Lipinski definition) is 1. The second-order valence-electron chi connectivity index (χ2n) is 5.68. The van der Waals surface area contributed by atoms with Crippen LogP contribution in [0.4, 0.5) is 5.69 Å². The van der Waals surface area contributed by atoms with E-state index < -0.39 is 4.92 Å². The van der Waals surface area contributed by atoms with Gasteiger partial charge in [0.05, 0.1) is 11.1 Å². The van der Waals surface area contributed by atoms with Gasteiger partial charge in [0, 0.05) is 18.6 Å². The minimum absolute atomic E-state index is 0.0358. The van der Waals surface area contributed by atoms with E-state index in [1.54, 1.807) is 12.1 Å². The van der Waals surface area contributed by atoms with Crippen LogP contribution in [0.2, 0.25) is 0 Å². The SMILES string of the molecule is O=C(CCC1CCCCC1)N/N=C\c1ccc([N+](=O)[O-])cc1. The lowest BCUT2D eigenvalue weighted by atomic mass is 9.86. The Hall–Kier alpha value is -2.24. The van der Waals surface area contributed by atoms with Crippen molar-refractivity contribution >= 4 is 17.8 Å². The summed E-state index contributed by atoms with van der Waals surface area (Å²) in [5, 5.41) is 14.4. The molecule has 1 aromatic rings. The highest BCUT2D eigenvalue weighted by Crippen LogP contribution is 2.27. The van der Waals surface area contributed by atoms with Gasteiger partial charge in [-0.25, -0.2) is 5.43 Å². The van der Waals surface area contributed by atoms with E-state index >= 15 is 0 Å². The molecule has 0 radical (unpaired) electrons. The predicted molar refractivity (Wildman–Crippen MR) is 84.6 cm³/mol. The molecule has 1 fully saturated rings. The molecule has 0 aromatic heterocycles. The summed E-state index contributed by atoms with van der Waals surface area (Å²) in [5.41, 5.74) is 3.25. The van der Waals surface area contributed by atoms with E-state index in [4.69, 9.17) is 0 Å². The van der Waals surface area contributed by atoms with Crippen molar-refractivity contribution in [2.24, 2.45) is 11.0 Å². The largest absolute Gasteiger partial charge is 0.273 e. The van der Waals surface area contributed by atoms with Crippen LogP contribution in [0.3, 0.4) is 0 Å². The Morgan fingerprint density at radius 1 is 1.27 bits per heavy atom. The lowest BCUT2D eigenvalue weighted by Crippen LogP contribution is -2.19. The Labute approximate surface area is 129 Å². The fourth-order valence-corrected chi connectivity index (χ4v) is 2.73. The first kappa shape index (κ1) is 16.1. The molecule has 22 heavy (non-hydrogen) atoms. The van der Waals surface area contributed by atoms with E-state index in [9.17, 15) is 14.9 Å². The minimum atomic E-state index is -0.450. The molecule has 1 amide bonds. The quantitative estimate of drug-likeness (QED) is 0.496. The van der Waals surface area contributed by atoms with Gasteiger partial charge in [-0.2, -0.15) is 5.10 Å². The molecule has 118 valence electrons. The molecule has 1 aliphatic carbocycles. The maximum atomic E-state index is 11.7. The van der Waals surface area contributed by atoms with Gasteiger partial charge in [0.2, 0.25) is 5.91 Å². The molecule has 6 nitrogen and oxygen atoms in total. The number of rotatable bonds is 6. The molecular formula is C16H21N3O3. The molecule has 0 spiro atoms. The van der Waals surface area contributed by atoms with Crippen molar-refractivity contribution in [1.29, 1.82) is 0 Å². The summed E-state index contributed by atoms with van der Waals surface area (Å²) in [4.78, 5) is 21.8. The van der Waals surface area contributed by atoms with E-state index in [2.05, 4.69) is 10.5 Å². The van der Waals surface area contributed by atoms with Gasteiger partial charge in [-0.3, -0.25) is 14.9 Å². The Bertz CT molecular complexity index is 534. The molecule has 0 bridgehead atoms. The summed E-state index contributed by atoms with van der Waals surface area (Å²) in [6.07, 6.45) is 9.28. The standard InChI is InChI=1S/C16H21N3O3/c20-16(11-8-13-4-2-1-3-5-13)18-17-12-14-6-9-15(10-7-14)19(21)22/h6-7,9-10,12-13H,1-5,8,11H2,(H,18,20)/b17-12-. The van der Waals surface area contributed by atoms with Crippen LogP contribution in [0.15, 0.2) is 29.4 Å².